The standard InChI is InChI=1S/C14H14BrFN4S/c1-4-19-13-12(8(3)18-19)17-14(21)20(13)11-6-10(16)9(15)5-7(11)2/h5-6H,4H2,1-3H3,(H,17,21). The summed E-state index contributed by atoms with van der Waals surface area (Å²) in [5, 5.41) is 4.48. The topological polar surface area (TPSA) is 38.5 Å². The van der Waals surface area contributed by atoms with Crippen molar-refractivity contribution in [3.8, 4) is 5.69 Å². The summed E-state index contributed by atoms with van der Waals surface area (Å²) in [4.78, 5) is 3.17. The van der Waals surface area contributed by atoms with Crippen LogP contribution in [0.3, 0.4) is 0 Å². The molecule has 7 heteroatoms. The number of rotatable bonds is 2. The zero-order chi connectivity index (χ0) is 15.3. The number of imidazole rings is 1. The number of aromatic nitrogens is 4. The number of fused-ring (bicyclic) bond motifs is 1. The molecule has 0 amide bonds. The van der Waals surface area contributed by atoms with Crippen LogP contribution < -0.4 is 0 Å². The van der Waals surface area contributed by atoms with Gasteiger partial charge in [-0.2, -0.15) is 5.10 Å². The summed E-state index contributed by atoms with van der Waals surface area (Å²) in [6.07, 6.45) is 0. The van der Waals surface area contributed by atoms with Gasteiger partial charge < -0.3 is 4.98 Å². The lowest BCUT2D eigenvalue weighted by Crippen LogP contribution is -2.05. The summed E-state index contributed by atoms with van der Waals surface area (Å²) in [5.74, 6) is -0.314. The Hall–Kier alpha value is -1.47. The van der Waals surface area contributed by atoms with Gasteiger partial charge in [-0.25, -0.2) is 9.07 Å². The van der Waals surface area contributed by atoms with Gasteiger partial charge in [0.1, 0.15) is 11.3 Å². The van der Waals surface area contributed by atoms with Gasteiger partial charge in [-0.15, -0.1) is 0 Å². The molecule has 1 N–H and O–H groups in total. The van der Waals surface area contributed by atoms with E-state index < -0.39 is 0 Å². The highest BCUT2D eigenvalue weighted by atomic mass is 79.9. The summed E-state index contributed by atoms with van der Waals surface area (Å²) in [6.45, 7) is 6.59. The lowest BCUT2D eigenvalue weighted by Gasteiger charge is -2.10. The van der Waals surface area contributed by atoms with Crippen LogP contribution >= 0.6 is 28.1 Å². The van der Waals surface area contributed by atoms with Gasteiger partial charge in [0.15, 0.2) is 10.4 Å². The van der Waals surface area contributed by atoms with Crippen molar-refractivity contribution >= 4 is 39.3 Å². The molecule has 0 spiro atoms. The third kappa shape index (κ3) is 2.15. The number of aromatic amines is 1. The number of hydrogen-bond acceptors (Lipinski definition) is 2. The normalized spacial score (nSPS) is 11.5. The van der Waals surface area contributed by atoms with E-state index in [1.54, 1.807) is 6.07 Å². The first-order chi connectivity index (χ1) is 9.93. The Labute approximate surface area is 134 Å². The summed E-state index contributed by atoms with van der Waals surface area (Å²) in [5.41, 5.74) is 4.30. The molecular formula is C14H14BrFN4S. The molecule has 0 saturated carbocycles. The second-order valence-corrected chi connectivity index (χ2v) is 6.16. The monoisotopic (exact) mass is 368 g/mol. The van der Waals surface area contributed by atoms with Gasteiger partial charge >= 0.3 is 0 Å². The van der Waals surface area contributed by atoms with Gasteiger partial charge in [0.2, 0.25) is 0 Å². The molecule has 0 aliphatic rings. The first-order valence-corrected chi connectivity index (χ1v) is 7.78. The fourth-order valence-corrected chi connectivity index (χ4v) is 3.27. The Morgan fingerprint density at radius 1 is 1.38 bits per heavy atom. The summed E-state index contributed by atoms with van der Waals surface area (Å²) in [7, 11) is 0. The fraction of sp³-hybridized carbons (Fsp3) is 0.286. The highest BCUT2D eigenvalue weighted by molar-refractivity contribution is 9.10. The molecule has 0 aliphatic heterocycles. The number of hydrogen-bond donors (Lipinski definition) is 1. The number of nitrogens with zero attached hydrogens (tertiary/aromatic N) is 3. The quantitative estimate of drug-likeness (QED) is 0.679. The first kappa shape index (κ1) is 14.5. The van der Waals surface area contributed by atoms with Crippen LogP contribution in [0.25, 0.3) is 16.9 Å². The molecule has 3 rings (SSSR count). The van der Waals surface area contributed by atoms with Gasteiger partial charge in [0.25, 0.3) is 0 Å². The zero-order valence-corrected chi connectivity index (χ0v) is 14.3. The third-order valence-electron chi connectivity index (χ3n) is 3.53. The molecule has 3 aromatic rings. The van der Waals surface area contributed by atoms with Crippen LogP contribution in [0.2, 0.25) is 0 Å². The number of halogens is 2. The molecule has 0 atom stereocenters. The van der Waals surface area contributed by atoms with Crippen LogP contribution in [0, 0.1) is 24.4 Å². The van der Waals surface area contributed by atoms with E-state index in [1.807, 2.05) is 30.0 Å². The predicted octanol–water partition coefficient (Wildman–Crippen LogP) is 4.42. The summed E-state index contributed by atoms with van der Waals surface area (Å²) < 4.78 is 18.6. The minimum absolute atomic E-state index is 0.314. The van der Waals surface area contributed by atoms with Crippen molar-refractivity contribution in [3.05, 3.63) is 38.5 Å². The zero-order valence-electron chi connectivity index (χ0n) is 11.9. The number of H-pyrrole nitrogens is 1. The molecule has 0 saturated heterocycles. The highest BCUT2D eigenvalue weighted by Gasteiger charge is 2.17. The maximum Gasteiger partial charge on any atom is 0.184 e. The average molecular weight is 369 g/mol. The Balaban J connectivity index is 2.43. The van der Waals surface area contributed by atoms with Crippen molar-refractivity contribution in [2.45, 2.75) is 27.3 Å². The van der Waals surface area contributed by atoms with E-state index in [0.29, 0.717) is 9.24 Å². The van der Waals surface area contributed by atoms with E-state index in [0.717, 1.165) is 34.7 Å². The maximum absolute atomic E-state index is 13.9. The Morgan fingerprint density at radius 3 is 2.76 bits per heavy atom. The van der Waals surface area contributed by atoms with Crippen LogP contribution in [0.15, 0.2) is 16.6 Å². The van der Waals surface area contributed by atoms with Gasteiger partial charge in [-0.05, 0) is 66.6 Å². The lowest BCUT2D eigenvalue weighted by atomic mass is 10.2. The number of nitrogens with one attached hydrogen (secondary N) is 1. The molecule has 1 aromatic carbocycles. The summed E-state index contributed by atoms with van der Waals surface area (Å²) in [6, 6.07) is 3.25. The number of benzene rings is 1. The SMILES string of the molecule is CCn1nc(C)c2[nH]c(=S)n(-c3cc(F)c(Br)cc3C)c21. The molecule has 4 nitrogen and oxygen atoms in total. The Bertz CT molecular complexity index is 906. The van der Waals surface area contributed by atoms with Crippen LogP contribution in [-0.2, 0) is 6.54 Å². The second kappa shape index (κ2) is 5.06. The molecule has 0 fully saturated rings. The largest absolute Gasteiger partial charge is 0.327 e. The van der Waals surface area contributed by atoms with Crippen molar-refractivity contribution in [2.75, 3.05) is 0 Å². The Kier molecular flexibility index (Phi) is 3.49. The van der Waals surface area contributed by atoms with Crippen molar-refractivity contribution in [3.63, 3.8) is 0 Å². The van der Waals surface area contributed by atoms with Crippen LogP contribution in [-0.4, -0.2) is 19.3 Å². The van der Waals surface area contributed by atoms with Crippen molar-refractivity contribution < 1.29 is 4.39 Å². The minimum atomic E-state index is -0.314. The van der Waals surface area contributed by atoms with E-state index in [9.17, 15) is 4.39 Å². The molecule has 2 heterocycles. The van der Waals surface area contributed by atoms with Crippen molar-refractivity contribution in [1.82, 2.24) is 19.3 Å². The molecule has 21 heavy (non-hydrogen) atoms. The van der Waals surface area contributed by atoms with Crippen LogP contribution in [0.5, 0.6) is 0 Å². The third-order valence-corrected chi connectivity index (χ3v) is 4.42. The Morgan fingerprint density at radius 2 is 2.10 bits per heavy atom. The van der Waals surface area contributed by atoms with Gasteiger partial charge in [-0.1, -0.05) is 0 Å². The van der Waals surface area contributed by atoms with Gasteiger partial charge in [0.05, 0.1) is 15.9 Å². The lowest BCUT2D eigenvalue weighted by molar-refractivity contribution is 0.618. The smallest absolute Gasteiger partial charge is 0.184 e. The molecule has 0 unspecified atom stereocenters. The maximum atomic E-state index is 13.9. The molecule has 0 aliphatic carbocycles. The first-order valence-electron chi connectivity index (χ1n) is 6.58. The number of aryl methyl sites for hydroxylation is 3. The van der Waals surface area contributed by atoms with Crippen molar-refractivity contribution in [2.24, 2.45) is 0 Å². The molecule has 2 aromatic heterocycles. The predicted molar refractivity (Wildman–Crippen MR) is 87.1 cm³/mol. The van der Waals surface area contributed by atoms with Crippen LogP contribution in [0.1, 0.15) is 18.2 Å². The second-order valence-electron chi connectivity index (χ2n) is 4.92. The summed E-state index contributed by atoms with van der Waals surface area (Å²) >= 11 is 8.63. The van der Waals surface area contributed by atoms with E-state index in [-0.39, 0.29) is 5.82 Å². The van der Waals surface area contributed by atoms with Gasteiger partial charge in [0, 0.05) is 6.54 Å². The van der Waals surface area contributed by atoms with E-state index in [2.05, 4.69) is 26.0 Å². The van der Waals surface area contributed by atoms with E-state index >= 15 is 0 Å². The molecular weight excluding hydrogens is 355 g/mol. The fourth-order valence-electron chi connectivity index (χ4n) is 2.52. The van der Waals surface area contributed by atoms with Crippen LogP contribution in [0.4, 0.5) is 4.39 Å². The van der Waals surface area contributed by atoms with Crippen molar-refractivity contribution in [1.29, 1.82) is 0 Å². The minimum Gasteiger partial charge on any atom is -0.327 e. The average Bonchev–Trinajstić information content (AvgIpc) is 2.91. The van der Waals surface area contributed by atoms with E-state index in [4.69, 9.17) is 12.2 Å². The van der Waals surface area contributed by atoms with Gasteiger partial charge in [-0.3, -0.25) is 4.57 Å². The highest BCUT2D eigenvalue weighted by Crippen LogP contribution is 2.27. The van der Waals surface area contributed by atoms with E-state index in [1.165, 1.54) is 6.07 Å². The molecule has 0 bridgehead atoms. The molecule has 0 radical (unpaired) electrons. The molecule has 110 valence electrons.